The molecule has 144 valence electrons. The highest BCUT2D eigenvalue weighted by atomic mass is 35.5. The lowest BCUT2D eigenvalue weighted by atomic mass is 10.1. The first kappa shape index (κ1) is 19.9. The third kappa shape index (κ3) is 4.91. The molecule has 0 aliphatic rings. The van der Waals surface area contributed by atoms with Gasteiger partial charge in [-0.05, 0) is 48.9 Å². The number of carbonyl (C=O) groups excluding carboxylic acids is 2. The van der Waals surface area contributed by atoms with E-state index in [1.807, 2.05) is 0 Å². The summed E-state index contributed by atoms with van der Waals surface area (Å²) in [5, 5.41) is 10.6. The molecule has 3 aromatic rings. The molecular weight excluding hydrogens is 399 g/mol. The lowest BCUT2D eigenvalue weighted by molar-refractivity contribution is -0.119. The number of anilines is 2. The molecule has 0 aliphatic carbocycles. The Morgan fingerprint density at radius 1 is 1.04 bits per heavy atom. The number of nitrogens with zero attached hydrogens (tertiary/aromatic N) is 2. The second kappa shape index (κ2) is 8.91. The average molecular weight is 417 g/mol. The molecule has 6 nitrogen and oxygen atoms in total. The highest BCUT2D eigenvalue weighted by Gasteiger charge is 2.15. The minimum absolute atomic E-state index is 0.0470. The van der Waals surface area contributed by atoms with Crippen molar-refractivity contribution in [2.24, 2.45) is 0 Å². The summed E-state index contributed by atoms with van der Waals surface area (Å²) < 4.78 is 1.56. The molecule has 1 aromatic heterocycles. The summed E-state index contributed by atoms with van der Waals surface area (Å²) in [6, 6.07) is 13.3. The quantitative estimate of drug-likeness (QED) is 0.617. The van der Waals surface area contributed by atoms with Gasteiger partial charge in [-0.3, -0.25) is 14.3 Å². The average Bonchev–Trinajstić information content (AvgIpc) is 3.19. The van der Waals surface area contributed by atoms with Crippen molar-refractivity contribution in [3.63, 3.8) is 0 Å². The van der Waals surface area contributed by atoms with Crippen LogP contribution in [-0.2, 0) is 16.0 Å². The molecule has 2 aromatic carbocycles. The van der Waals surface area contributed by atoms with E-state index in [0.717, 1.165) is 0 Å². The summed E-state index contributed by atoms with van der Waals surface area (Å²) in [5.74, 6) is -0.474. The third-order valence-corrected chi connectivity index (χ3v) is 4.82. The van der Waals surface area contributed by atoms with Crippen LogP contribution in [-0.4, -0.2) is 21.6 Å². The number of carbonyl (C=O) groups is 2. The highest BCUT2D eigenvalue weighted by Crippen LogP contribution is 2.25. The van der Waals surface area contributed by atoms with Crippen LogP contribution >= 0.6 is 23.2 Å². The van der Waals surface area contributed by atoms with Gasteiger partial charge in [0.05, 0.1) is 6.42 Å². The maximum atomic E-state index is 12.4. The summed E-state index contributed by atoms with van der Waals surface area (Å²) in [6.45, 7) is 1.75. The van der Waals surface area contributed by atoms with Crippen molar-refractivity contribution in [2.75, 3.05) is 10.6 Å². The largest absolute Gasteiger partial charge is 0.326 e. The molecule has 2 amide bonds. The van der Waals surface area contributed by atoms with Crippen molar-refractivity contribution >= 4 is 46.4 Å². The van der Waals surface area contributed by atoms with E-state index in [1.54, 1.807) is 72.5 Å². The van der Waals surface area contributed by atoms with Gasteiger partial charge in [0.2, 0.25) is 11.8 Å². The predicted molar refractivity (Wildman–Crippen MR) is 111 cm³/mol. The van der Waals surface area contributed by atoms with Gasteiger partial charge in [0.1, 0.15) is 6.04 Å². The van der Waals surface area contributed by atoms with Gasteiger partial charge < -0.3 is 10.6 Å². The van der Waals surface area contributed by atoms with E-state index in [0.29, 0.717) is 27.0 Å². The number of rotatable bonds is 6. The van der Waals surface area contributed by atoms with Crippen LogP contribution in [0.1, 0.15) is 18.5 Å². The van der Waals surface area contributed by atoms with Gasteiger partial charge in [-0.2, -0.15) is 5.10 Å². The summed E-state index contributed by atoms with van der Waals surface area (Å²) in [6.07, 6.45) is 3.39. The maximum Gasteiger partial charge on any atom is 0.248 e. The smallest absolute Gasteiger partial charge is 0.248 e. The Labute approximate surface area is 172 Å². The fourth-order valence-electron chi connectivity index (χ4n) is 2.62. The zero-order chi connectivity index (χ0) is 20.1. The Balaban J connectivity index is 1.64. The predicted octanol–water partition coefficient (Wildman–Crippen LogP) is 4.57. The first-order chi connectivity index (χ1) is 13.4. The molecule has 2 N–H and O–H groups in total. The zero-order valence-corrected chi connectivity index (χ0v) is 16.5. The molecule has 1 heterocycles. The van der Waals surface area contributed by atoms with Crippen LogP contribution in [0.3, 0.4) is 0 Å². The van der Waals surface area contributed by atoms with Gasteiger partial charge in [-0.25, -0.2) is 0 Å². The standard InChI is InChI=1S/C20H18Cl2N4O2/c1-13(26-10-4-9-23-26)20(28)25-15-6-2-5-14(11-15)24-19(27)12-16-17(21)7-3-8-18(16)22/h2-11,13H,12H2,1H3,(H,24,27)(H,25,28). The van der Waals surface area contributed by atoms with Crippen LogP contribution in [0, 0.1) is 0 Å². The summed E-state index contributed by atoms with van der Waals surface area (Å²) in [5.41, 5.74) is 1.69. The molecule has 28 heavy (non-hydrogen) atoms. The molecule has 0 bridgehead atoms. The van der Waals surface area contributed by atoms with Crippen molar-refractivity contribution in [2.45, 2.75) is 19.4 Å². The normalized spacial score (nSPS) is 11.7. The summed E-state index contributed by atoms with van der Waals surface area (Å²) in [7, 11) is 0. The van der Waals surface area contributed by atoms with Gasteiger partial charge in [0, 0.05) is 33.8 Å². The Morgan fingerprint density at radius 3 is 2.32 bits per heavy atom. The van der Waals surface area contributed by atoms with Gasteiger partial charge in [-0.1, -0.05) is 35.3 Å². The zero-order valence-electron chi connectivity index (χ0n) is 15.0. The SMILES string of the molecule is CC(C(=O)Nc1cccc(NC(=O)Cc2c(Cl)cccc2Cl)c1)n1cccn1. The Hall–Kier alpha value is -2.83. The lowest BCUT2D eigenvalue weighted by Gasteiger charge is -2.14. The summed E-state index contributed by atoms with van der Waals surface area (Å²) >= 11 is 12.2. The summed E-state index contributed by atoms with van der Waals surface area (Å²) in [4.78, 5) is 24.7. The molecule has 0 radical (unpaired) electrons. The van der Waals surface area contributed by atoms with Crippen molar-refractivity contribution in [1.29, 1.82) is 0 Å². The Kier molecular flexibility index (Phi) is 6.34. The molecule has 8 heteroatoms. The van der Waals surface area contributed by atoms with Crippen molar-refractivity contribution in [3.05, 3.63) is 76.5 Å². The highest BCUT2D eigenvalue weighted by molar-refractivity contribution is 6.36. The number of nitrogens with one attached hydrogen (secondary N) is 2. The first-order valence-electron chi connectivity index (χ1n) is 8.57. The third-order valence-electron chi connectivity index (χ3n) is 4.11. The van der Waals surface area contributed by atoms with E-state index < -0.39 is 6.04 Å². The maximum absolute atomic E-state index is 12.4. The lowest BCUT2D eigenvalue weighted by Crippen LogP contribution is -2.24. The first-order valence-corrected chi connectivity index (χ1v) is 9.32. The van der Waals surface area contributed by atoms with E-state index in [4.69, 9.17) is 23.2 Å². The van der Waals surface area contributed by atoms with Crippen LogP contribution in [0.5, 0.6) is 0 Å². The minimum atomic E-state index is -0.462. The monoisotopic (exact) mass is 416 g/mol. The number of hydrogen-bond acceptors (Lipinski definition) is 3. The van der Waals surface area contributed by atoms with E-state index in [-0.39, 0.29) is 18.2 Å². The number of halogens is 2. The van der Waals surface area contributed by atoms with Crippen LogP contribution < -0.4 is 10.6 Å². The van der Waals surface area contributed by atoms with Gasteiger partial charge in [0.25, 0.3) is 0 Å². The second-order valence-electron chi connectivity index (χ2n) is 6.16. The van der Waals surface area contributed by atoms with Crippen LogP contribution in [0.2, 0.25) is 10.0 Å². The van der Waals surface area contributed by atoms with Crippen LogP contribution in [0.25, 0.3) is 0 Å². The fraction of sp³-hybridized carbons (Fsp3) is 0.150. The van der Waals surface area contributed by atoms with E-state index in [9.17, 15) is 9.59 Å². The molecular formula is C20H18Cl2N4O2. The minimum Gasteiger partial charge on any atom is -0.326 e. The molecule has 0 aliphatic heterocycles. The molecule has 1 unspecified atom stereocenters. The van der Waals surface area contributed by atoms with Crippen LogP contribution in [0.4, 0.5) is 11.4 Å². The molecule has 1 atom stereocenters. The molecule has 0 fully saturated rings. The number of amides is 2. The number of benzene rings is 2. The molecule has 3 rings (SSSR count). The van der Waals surface area contributed by atoms with E-state index >= 15 is 0 Å². The fourth-order valence-corrected chi connectivity index (χ4v) is 3.15. The van der Waals surface area contributed by atoms with Crippen molar-refractivity contribution in [3.8, 4) is 0 Å². The topological polar surface area (TPSA) is 76.0 Å². The van der Waals surface area contributed by atoms with E-state index in [2.05, 4.69) is 15.7 Å². The molecule has 0 spiro atoms. The number of aromatic nitrogens is 2. The van der Waals surface area contributed by atoms with Crippen LogP contribution in [0.15, 0.2) is 60.9 Å². The van der Waals surface area contributed by atoms with Gasteiger partial charge in [0.15, 0.2) is 0 Å². The Morgan fingerprint density at radius 2 is 1.68 bits per heavy atom. The number of hydrogen-bond donors (Lipinski definition) is 2. The second-order valence-corrected chi connectivity index (χ2v) is 6.97. The van der Waals surface area contributed by atoms with E-state index in [1.165, 1.54) is 0 Å². The Bertz CT molecular complexity index is 969. The molecule has 0 saturated heterocycles. The van der Waals surface area contributed by atoms with Gasteiger partial charge >= 0.3 is 0 Å². The molecule has 0 saturated carbocycles. The van der Waals surface area contributed by atoms with Crippen molar-refractivity contribution in [1.82, 2.24) is 9.78 Å². The van der Waals surface area contributed by atoms with Gasteiger partial charge in [-0.15, -0.1) is 0 Å². The van der Waals surface area contributed by atoms with Crippen molar-refractivity contribution < 1.29 is 9.59 Å².